The minimum absolute atomic E-state index is 0. The van der Waals surface area contributed by atoms with E-state index in [9.17, 15) is 4.79 Å². The van der Waals surface area contributed by atoms with E-state index >= 15 is 0 Å². The van der Waals surface area contributed by atoms with Crippen LogP contribution in [0.5, 0.6) is 0 Å². The van der Waals surface area contributed by atoms with E-state index in [2.05, 4.69) is 10.4 Å². The van der Waals surface area contributed by atoms with Crippen molar-refractivity contribution < 1.29 is 9.53 Å². The van der Waals surface area contributed by atoms with Crippen molar-refractivity contribution in [3.05, 3.63) is 18.5 Å². The van der Waals surface area contributed by atoms with Crippen molar-refractivity contribution in [2.24, 2.45) is 5.92 Å². The second-order valence-electron chi connectivity index (χ2n) is 7.50. The van der Waals surface area contributed by atoms with E-state index in [0.717, 1.165) is 64.4 Å². The molecule has 140 valence electrons. The van der Waals surface area contributed by atoms with E-state index in [1.807, 2.05) is 21.8 Å². The van der Waals surface area contributed by atoms with Crippen molar-refractivity contribution in [3.8, 4) is 0 Å². The first-order valence-corrected chi connectivity index (χ1v) is 9.40. The van der Waals surface area contributed by atoms with Gasteiger partial charge in [0.25, 0.3) is 5.91 Å². The van der Waals surface area contributed by atoms with Gasteiger partial charge < -0.3 is 15.0 Å². The third-order valence-electron chi connectivity index (χ3n) is 5.77. The molecule has 7 heteroatoms. The smallest absolute Gasteiger partial charge is 0.250 e. The van der Waals surface area contributed by atoms with E-state index in [1.54, 1.807) is 6.20 Å². The SMILES string of the molecule is Cl.O=C(N1CCC(OCC2CC2)CC1)C1(n2cccn2)CCNCC1. The van der Waals surface area contributed by atoms with E-state index < -0.39 is 5.54 Å². The van der Waals surface area contributed by atoms with Gasteiger partial charge in [-0.3, -0.25) is 9.48 Å². The highest BCUT2D eigenvalue weighted by Gasteiger charge is 2.45. The summed E-state index contributed by atoms with van der Waals surface area (Å²) in [7, 11) is 0. The molecule has 2 aliphatic heterocycles. The minimum Gasteiger partial charge on any atom is -0.378 e. The van der Waals surface area contributed by atoms with Crippen LogP contribution in [0.1, 0.15) is 38.5 Å². The van der Waals surface area contributed by atoms with Crippen molar-refractivity contribution in [1.82, 2.24) is 20.0 Å². The topological polar surface area (TPSA) is 59.4 Å². The minimum atomic E-state index is -0.504. The highest BCUT2D eigenvalue weighted by molar-refractivity contribution is 5.85. The Bertz CT molecular complexity index is 547. The number of piperidine rings is 2. The zero-order valence-electron chi connectivity index (χ0n) is 14.7. The van der Waals surface area contributed by atoms with Gasteiger partial charge in [-0.25, -0.2) is 0 Å². The van der Waals surface area contributed by atoms with Crippen LogP contribution in [0.25, 0.3) is 0 Å². The molecule has 6 nitrogen and oxygen atoms in total. The van der Waals surface area contributed by atoms with Crippen LogP contribution in [0.2, 0.25) is 0 Å². The number of likely N-dealkylation sites (tertiary alicyclic amines) is 1. The maximum Gasteiger partial charge on any atom is 0.250 e. The molecule has 0 bridgehead atoms. The maximum absolute atomic E-state index is 13.4. The molecule has 1 aromatic heterocycles. The molecule has 3 fully saturated rings. The standard InChI is InChI=1S/C18H28N4O2.ClH/c23-17(18(6-9-19-10-7-18)22-11-1-8-20-22)21-12-4-16(5-13-21)24-14-15-2-3-15;/h1,8,11,15-16,19H,2-7,9-10,12-14H2;1H. The number of carbonyl (C=O) groups is 1. The molecule has 0 aromatic carbocycles. The monoisotopic (exact) mass is 368 g/mol. The first kappa shape index (κ1) is 18.7. The molecule has 1 aromatic rings. The number of ether oxygens (including phenoxy) is 1. The van der Waals surface area contributed by atoms with Crippen molar-refractivity contribution in [1.29, 1.82) is 0 Å². The lowest BCUT2D eigenvalue weighted by atomic mass is 9.86. The Morgan fingerprint density at radius 3 is 2.52 bits per heavy atom. The summed E-state index contributed by atoms with van der Waals surface area (Å²) in [6.45, 7) is 4.27. The summed E-state index contributed by atoms with van der Waals surface area (Å²) in [5, 5.41) is 7.78. The van der Waals surface area contributed by atoms with Gasteiger partial charge in [-0.15, -0.1) is 12.4 Å². The van der Waals surface area contributed by atoms with E-state index in [1.165, 1.54) is 12.8 Å². The van der Waals surface area contributed by atoms with Gasteiger partial charge in [0.05, 0.1) is 6.10 Å². The number of hydrogen-bond donors (Lipinski definition) is 1. The van der Waals surface area contributed by atoms with Gasteiger partial charge in [-0.2, -0.15) is 5.10 Å². The van der Waals surface area contributed by atoms with Crippen molar-refractivity contribution in [2.75, 3.05) is 32.8 Å². The van der Waals surface area contributed by atoms with E-state index in [4.69, 9.17) is 4.74 Å². The molecular weight excluding hydrogens is 340 g/mol. The lowest BCUT2D eigenvalue weighted by molar-refractivity contribution is -0.146. The number of halogens is 1. The average molecular weight is 369 g/mol. The van der Waals surface area contributed by atoms with Crippen LogP contribution < -0.4 is 5.32 Å². The first-order valence-electron chi connectivity index (χ1n) is 9.40. The highest BCUT2D eigenvalue weighted by Crippen LogP contribution is 2.32. The zero-order chi connectivity index (χ0) is 16.4. The predicted molar refractivity (Wildman–Crippen MR) is 97.8 cm³/mol. The summed E-state index contributed by atoms with van der Waals surface area (Å²) < 4.78 is 7.91. The second-order valence-corrected chi connectivity index (χ2v) is 7.50. The van der Waals surface area contributed by atoms with E-state index in [0.29, 0.717) is 6.10 Å². The summed E-state index contributed by atoms with van der Waals surface area (Å²) in [5.41, 5.74) is -0.504. The Balaban J connectivity index is 0.00000182. The lowest BCUT2D eigenvalue weighted by Crippen LogP contribution is -2.57. The fourth-order valence-corrected chi connectivity index (χ4v) is 3.98. The number of nitrogens with one attached hydrogen (secondary N) is 1. The fraction of sp³-hybridized carbons (Fsp3) is 0.778. The number of hydrogen-bond acceptors (Lipinski definition) is 4. The third kappa shape index (κ3) is 4.01. The number of carbonyl (C=O) groups excluding carboxylic acids is 1. The number of rotatable bonds is 5. The van der Waals surface area contributed by atoms with Gasteiger partial charge in [0.15, 0.2) is 0 Å². The summed E-state index contributed by atoms with van der Waals surface area (Å²) in [6, 6.07) is 1.91. The number of amides is 1. The molecule has 1 N–H and O–H groups in total. The van der Waals surface area contributed by atoms with Crippen molar-refractivity contribution >= 4 is 18.3 Å². The Kier molecular flexibility index (Phi) is 6.02. The van der Waals surface area contributed by atoms with Gasteiger partial charge >= 0.3 is 0 Å². The summed E-state index contributed by atoms with van der Waals surface area (Å²) in [6.07, 6.45) is 10.3. The molecule has 25 heavy (non-hydrogen) atoms. The lowest BCUT2D eigenvalue weighted by Gasteiger charge is -2.42. The summed E-state index contributed by atoms with van der Waals surface area (Å²) >= 11 is 0. The Morgan fingerprint density at radius 2 is 1.92 bits per heavy atom. The number of nitrogens with zero attached hydrogens (tertiary/aromatic N) is 3. The maximum atomic E-state index is 13.4. The molecule has 1 aliphatic carbocycles. The number of aromatic nitrogens is 2. The second kappa shape index (κ2) is 8.06. The largest absolute Gasteiger partial charge is 0.378 e. The molecule has 0 spiro atoms. The van der Waals surface area contributed by atoms with Gasteiger partial charge in [-0.1, -0.05) is 0 Å². The van der Waals surface area contributed by atoms with Crippen LogP contribution >= 0.6 is 12.4 Å². The molecule has 0 unspecified atom stereocenters. The predicted octanol–water partition coefficient (Wildman–Crippen LogP) is 1.80. The average Bonchev–Trinajstić information content (AvgIpc) is 3.30. The Morgan fingerprint density at radius 1 is 1.20 bits per heavy atom. The first-order chi connectivity index (χ1) is 11.8. The van der Waals surface area contributed by atoms with Gasteiger partial charge in [-0.05, 0) is 63.6 Å². The Labute approximate surface area is 155 Å². The van der Waals surface area contributed by atoms with Crippen LogP contribution in [0.15, 0.2) is 18.5 Å². The fourth-order valence-electron chi connectivity index (χ4n) is 3.98. The van der Waals surface area contributed by atoms with Crippen LogP contribution in [-0.4, -0.2) is 59.5 Å². The third-order valence-corrected chi connectivity index (χ3v) is 5.77. The molecule has 1 amide bonds. The van der Waals surface area contributed by atoms with Crippen LogP contribution in [0.4, 0.5) is 0 Å². The molecule has 4 rings (SSSR count). The van der Waals surface area contributed by atoms with Crippen molar-refractivity contribution in [3.63, 3.8) is 0 Å². The van der Waals surface area contributed by atoms with Gasteiger partial charge in [0.2, 0.25) is 0 Å². The molecule has 3 aliphatic rings. The molecule has 1 saturated carbocycles. The quantitative estimate of drug-likeness (QED) is 0.861. The molecule has 2 saturated heterocycles. The molecule has 0 radical (unpaired) electrons. The zero-order valence-corrected chi connectivity index (χ0v) is 15.5. The molecular formula is C18H29ClN4O2. The summed E-state index contributed by atoms with van der Waals surface area (Å²) in [4.78, 5) is 15.4. The van der Waals surface area contributed by atoms with Crippen LogP contribution in [-0.2, 0) is 15.1 Å². The molecule has 0 atom stereocenters. The highest BCUT2D eigenvalue weighted by atomic mass is 35.5. The summed E-state index contributed by atoms with van der Waals surface area (Å²) in [5.74, 6) is 1.05. The van der Waals surface area contributed by atoms with Crippen LogP contribution in [0.3, 0.4) is 0 Å². The normalized spacial score (nSPS) is 23.9. The molecule has 3 heterocycles. The Hall–Kier alpha value is -1.11. The van der Waals surface area contributed by atoms with Gasteiger partial charge in [0.1, 0.15) is 5.54 Å². The van der Waals surface area contributed by atoms with Gasteiger partial charge in [0, 0.05) is 32.1 Å². The van der Waals surface area contributed by atoms with Crippen LogP contribution in [0, 0.1) is 5.92 Å². The van der Waals surface area contributed by atoms with Crippen molar-refractivity contribution in [2.45, 2.75) is 50.2 Å². The van der Waals surface area contributed by atoms with E-state index in [-0.39, 0.29) is 18.3 Å².